The van der Waals surface area contributed by atoms with Crippen LogP contribution in [0.2, 0.25) is 0 Å². The average Bonchev–Trinajstić information content (AvgIpc) is 2.54. The summed E-state index contributed by atoms with van der Waals surface area (Å²) in [7, 11) is 0. The third kappa shape index (κ3) is 9.87. The van der Waals surface area contributed by atoms with Gasteiger partial charge in [-0.3, -0.25) is 9.59 Å². The first-order valence-electron chi connectivity index (χ1n) is 9.75. The zero-order valence-electron chi connectivity index (χ0n) is 16.6. The van der Waals surface area contributed by atoms with Crippen molar-refractivity contribution in [2.24, 2.45) is 11.5 Å². The third-order valence-electron chi connectivity index (χ3n) is 4.60. The number of rotatable bonds is 15. The fourth-order valence-electron chi connectivity index (χ4n) is 2.70. The van der Waals surface area contributed by atoms with Crippen molar-refractivity contribution in [3.8, 4) is 0 Å². The molecule has 0 heterocycles. The second kappa shape index (κ2) is 12.8. The number of carboxylic acid groups (broad SMARTS) is 1. The Bertz CT molecular complexity index is 452. The summed E-state index contributed by atoms with van der Waals surface area (Å²) < 4.78 is 0. The molecule has 0 bridgehead atoms. The summed E-state index contributed by atoms with van der Waals surface area (Å²) in [5.41, 5.74) is 9.66. The molecule has 0 radical (unpaired) electrons. The Hall–Kier alpha value is -1.47. The number of unbranched alkanes of at least 4 members (excludes halogenated alkanes) is 4. The molecule has 7 heteroatoms. The lowest BCUT2D eigenvalue weighted by Crippen LogP contribution is -2.54. The Morgan fingerprint density at radius 1 is 1.00 bits per heavy atom. The van der Waals surface area contributed by atoms with E-state index in [1.165, 1.54) is 6.92 Å². The maximum atomic E-state index is 12.2. The first-order valence-corrected chi connectivity index (χ1v) is 9.75. The Kier molecular flexibility index (Phi) is 12.1. The Balaban J connectivity index is 4.69. The molecule has 7 nitrogen and oxygen atoms in total. The van der Waals surface area contributed by atoms with Gasteiger partial charge in [0.2, 0.25) is 5.91 Å². The predicted molar refractivity (Wildman–Crippen MR) is 103 cm³/mol. The molecule has 0 saturated carbocycles. The summed E-state index contributed by atoms with van der Waals surface area (Å²) in [5, 5.41) is 11.9. The van der Waals surface area contributed by atoms with E-state index in [0.717, 1.165) is 44.9 Å². The molecule has 152 valence electrons. The molecule has 0 unspecified atom stereocenters. The number of aliphatic carboxylic acids is 1. The van der Waals surface area contributed by atoms with Crippen LogP contribution in [0.1, 0.15) is 85.0 Å². The number of carbonyl (C=O) groups excluding carboxylic acids is 2. The molecular weight excluding hydrogens is 334 g/mol. The maximum Gasteiger partial charge on any atom is 0.331 e. The molecule has 26 heavy (non-hydrogen) atoms. The number of hydrogen-bond donors (Lipinski definition) is 4. The van der Waals surface area contributed by atoms with Crippen molar-refractivity contribution in [3.63, 3.8) is 0 Å². The summed E-state index contributed by atoms with van der Waals surface area (Å²) >= 11 is 0. The zero-order valence-corrected chi connectivity index (χ0v) is 16.6. The zero-order chi connectivity index (χ0) is 20.2. The van der Waals surface area contributed by atoms with Gasteiger partial charge in [0.1, 0.15) is 0 Å². The lowest BCUT2D eigenvalue weighted by Gasteiger charge is -2.24. The molecule has 6 N–H and O–H groups in total. The number of hydrogen-bond acceptors (Lipinski definition) is 5. The highest BCUT2D eigenvalue weighted by atomic mass is 16.4. The van der Waals surface area contributed by atoms with E-state index in [0.29, 0.717) is 6.42 Å². The largest absolute Gasteiger partial charge is 0.480 e. The summed E-state index contributed by atoms with van der Waals surface area (Å²) in [6.07, 6.45) is 7.57. The second-order valence-electron chi connectivity index (χ2n) is 7.36. The van der Waals surface area contributed by atoms with E-state index < -0.39 is 23.3 Å². The van der Waals surface area contributed by atoms with E-state index >= 15 is 0 Å². The third-order valence-corrected chi connectivity index (χ3v) is 4.60. The number of carboxylic acids is 1. The van der Waals surface area contributed by atoms with Crippen LogP contribution in [0.4, 0.5) is 0 Å². The molecule has 3 atom stereocenters. The lowest BCUT2D eigenvalue weighted by molar-refractivity contribution is -0.147. The first-order chi connectivity index (χ1) is 12.1. The fourth-order valence-corrected chi connectivity index (χ4v) is 2.70. The Labute approximate surface area is 157 Å². The van der Waals surface area contributed by atoms with Crippen LogP contribution >= 0.6 is 0 Å². The van der Waals surface area contributed by atoms with Gasteiger partial charge in [0.25, 0.3) is 0 Å². The number of nitrogens with one attached hydrogen (secondary N) is 1. The van der Waals surface area contributed by atoms with Crippen LogP contribution in [0.25, 0.3) is 0 Å². The molecule has 0 aromatic heterocycles. The topological polar surface area (TPSA) is 136 Å². The molecule has 0 spiro atoms. The summed E-state index contributed by atoms with van der Waals surface area (Å²) in [5.74, 6) is -2.14. The summed E-state index contributed by atoms with van der Waals surface area (Å²) in [6.45, 7) is 5.36. The number of ketones is 1. The number of Topliss-reactive ketones (excluding diaryl/α,β-unsaturated/α-hetero) is 1. The number of carbonyl (C=O) groups is 3. The van der Waals surface area contributed by atoms with Gasteiger partial charge in [-0.1, -0.05) is 52.4 Å². The van der Waals surface area contributed by atoms with Crippen LogP contribution < -0.4 is 16.8 Å². The quantitative estimate of drug-likeness (QED) is 0.257. The maximum absolute atomic E-state index is 12.2. The fraction of sp³-hybridized carbons (Fsp3) is 0.842. The lowest BCUT2D eigenvalue weighted by atomic mass is 9.91. The van der Waals surface area contributed by atoms with Crippen molar-refractivity contribution in [2.45, 2.75) is 103 Å². The average molecular weight is 372 g/mol. The van der Waals surface area contributed by atoms with Crippen molar-refractivity contribution in [2.75, 3.05) is 0 Å². The molecular formula is C19H37N3O4. The minimum atomic E-state index is -1.94. The number of nitrogens with two attached hydrogens (primary N) is 2. The minimum Gasteiger partial charge on any atom is -0.480 e. The van der Waals surface area contributed by atoms with Gasteiger partial charge >= 0.3 is 5.97 Å². The standard InChI is InChI=1S/C19H37N3O4/c1-4-6-8-10-14(20)12-17(24)22-15(11-9-7-5-2)13-16(23)19(3,21)18(25)26/h14-15H,4-13,20-21H2,1-3H3,(H,22,24)(H,25,26)/t14-,15-,19-/m0/s1. The normalized spacial score (nSPS) is 15.7. The summed E-state index contributed by atoms with van der Waals surface area (Å²) in [6, 6.07) is -0.612. The first kappa shape index (κ1) is 24.5. The van der Waals surface area contributed by atoms with Crippen LogP contribution in [0.5, 0.6) is 0 Å². The summed E-state index contributed by atoms with van der Waals surface area (Å²) in [4.78, 5) is 35.6. The van der Waals surface area contributed by atoms with E-state index in [-0.39, 0.29) is 24.8 Å². The molecule has 0 aromatic carbocycles. The van der Waals surface area contributed by atoms with Crippen molar-refractivity contribution >= 4 is 17.7 Å². The van der Waals surface area contributed by atoms with Gasteiger partial charge in [-0.05, 0) is 19.8 Å². The van der Waals surface area contributed by atoms with Gasteiger partial charge in [-0.15, -0.1) is 0 Å². The van der Waals surface area contributed by atoms with E-state index in [1.54, 1.807) is 0 Å². The van der Waals surface area contributed by atoms with Crippen LogP contribution in [-0.4, -0.2) is 40.4 Å². The van der Waals surface area contributed by atoms with Crippen molar-refractivity contribution in [1.29, 1.82) is 0 Å². The SMILES string of the molecule is CCCCC[C@H](N)CC(=O)N[C@@H](CCCCC)CC(=O)[C@](C)(N)C(=O)O. The van der Waals surface area contributed by atoms with Crippen molar-refractivity contribution in [1.82, 2.24) is 5.32 Å². The molecule has 0 aliphatic carbocycles. The number of amides is 1. The molecule has 0 rings (SSSR count). The van der Waals surface area contributed by atoms with E-state index in [9.17, 15) is 14.4 Å². The van der Waals surface area contributed by atoms with Gasteiger partial charge < -0.3 is 21.9 Å². The highest BCUT2D eigenvalue weighted by Gasteiger charge is 2.37. The van der Waals surface area contributed by atoms with E-state index in [1.807, 2.05) is 0 Å². The molecule has 1 amide bonds. The molecule has 0 aliphatic rings. The predicted octanol–water partition coefficient (Wildman–Crippen LogP) is 2.11. The van der Waals surface area contributed by atoms with Gasteiger partial charge in [-0.2, -0.15) is 0 Å². The Morgan fingerprint density at radius 3 is 2.04 bits per heavy atom. The van der Waals surface area contributed by atoms with Crippen LogP contribution in [-0.2, 0) is 14.4 Å². The highest BCUT2D eigenvalue weighted by molar-refractivity contribution is 6.07. The van der Waals surface area contributed by atoms with E-state index in [4.69, 9.17) is 16.6 Å². The highest BCUT2D eigenvalue weighted by Crippen LogP contribution is 2.13. The van der Waals surface area contributed by atoms with Gasteiger partial charge in [0, 0.05) is 24.9 Å². The van der Waals surface area contributed by atoms with Crippen LogP contribution in [0.3, 0.4) is 0 Å². The van der Waals surface area contributed by atoms with Crippen molar-refractivity contribution in [3.05, 3.63) is 0 Å². The van der Waals surface area contributed by atoms with Gasteiger partial charge in [0.15, 0.2) is 11.3 Å². The van der Waals surface area contributed by atoms with Gasteiger partial charge in [-0.25, -0.2) is 4.79 Å². The molecule has 0 fully saturated rings. The molecule has 0 saturated heterocycles. The smallest absolute Gasteiger partial charge is 0.331 e. The minimum absolute atomic E-state index is 0.0835. The van der Waals surface area contributed by atoms with E-state index in [2.05, 4.69) is 19.2 Å². The molecule has 0 aromatic rings. The van der Waals surface area contributed by atoms with Gasteiger partial charge in [0.05, 0.1) is 0 Å². The van der Waals surface area contributed by atoms with Crippen LogP contribution in [0.15, 0.2) is 0 Å². The second-order valence-corrected chi connectivity index (χ2v) is 7.36. The monoisotopic (exact) mass is 371 g/mol. The Morgan fingerprint density at radius 2 is 1.54 bits per heavy atom. The molecule has 0 aliphatic heterocycles. The van der Waals surface area contributed by atoms with Crippen LogP contribution in [0, 0.1) is 0 Å². The van der Waals surface area contributed by atoms with Crippen molar-refractivity contribution < 1.29 is 19.5 Å².